The number of rotatable bonds is 5. The molecule has 0 aliphatic heterocycles. The molecule has 2 rings (SSSR count). The van der Waals surface area contributed by atoms with E-state index in [1.807, 2.05) is 17.5 Å². The number of benzene rings is 1. The highest BCUT2D eigenvalue weighted by molar-refractivity contribution is 9.10. The molecule has 0 fully saturated rings. The predicted octanol–water partition coefficient (Wildman–Crippen LogP) is 2.79. The molecule has 1 aromatic carbocycles. The van der Waals surface area contributed by atoms with Gasteiger partial charge in [0.05, 0.1) is 4.90 Å². The molecule has 0 aliphatic rings. The molecule has 0 radical (unpaired) electrons. The van der Waals surface area contributed by atoms with E-state index in [0.29, 0.717) is 17.6 Å². The van der Waals surface area contributed by atoms with Crippen LogP contribution in [0.3, 0.4) is 0 Å². The van der Waals surface area contributed by atoms with Gasteiger partial charge in [0.25, 0.3) is 0 Å². The maximum Gasteiger partial charge on any atom is 0.244 e. The third-order valence-electron chi connectivity index (χ3n) is 2.88. The third kappa shape index (κ3) is 3.29. The average Bonchev–Trinajstić information content (AvgIpc) is 2.91. The lowest BCUT2D eigenvalue weighted by Crippen LogP contribution is -2.26. The van der Waals surface area contributed by atoms with Crippen molar-refractivity contribution in [3.63, 3.8) is 0 Å². The molecular weight excluding hydrogens is 360 g/mol. The Morgan fingerprint density at radius 2 is 2.10 bits per heavy atom. The first-order chi connectivity index (χ1) is 9.45. The number of halogens is 1. The zero-order valence-electron chi connectivity index (χ0n) is 10.9. The highest BCUT2D eigenvalue weighted by Gasteiger charge is 2.23. The van der Waals surface area contributed by atoms with Crippen molar-refractivity contribution in [2.24, 2.45) is 5.73 Å². The number of hydrogen-bond donors (Lipinski definition) is 1. The first-order valence-electron chi connectivity index (χ1n) is 5.92. The summed E-state index contributed by atoms with van der Waals surface area (Å²) in [5.74, 6) is 0. The van der Waals surface area contributed by atoms with E-state index in [2.05, 4.69) is 15.9 Å². The van der Waals surface area contributed by atoms with E-state index >= 15 is 0 Å². The molecule has 0 saturated carbocycles. The van der Waals surface area contributed by atoms with Crippen LogP contribution in [0.25, 0.3) is 0 Å². The maximum absolute atomic E-state index is 12.5. The molecule has 0 saturated heterocycles. The number of sulfonamides is 1. The normalized spacial score (nSPS) is 12.0. The molecule has 1 aromatic heterocycles. The molecular formula is C13H15BrN2O2S2. The van der Waals surface area contributed by atoms with Crippen LogP contribution in [0.5, 0.6) is 0 Å². The minimum atomic E-state index is -3.52. The second-order valence-corrected chi connectivity index (χ2v) is 8.21. The van der Waals surface area contributed by atoms with Gasteiger partial charge in [-0.15, -0.1) is 11.3 Å². The lowest BCUT2D eigenvalue weighted by Gasteiger charge is -2.17. The summed E-state index contributed by atoms with van der Waals surface area (Å²) in [7, 11) is -1.94. The maximum atomic E-state index is 12.5. The van der Waals surface area contributed by atoms with Gasteiger partial charge >= 0.3 is 0 Å². The van der Waals surface area contributed by atoms with E-state index in [0.717, 1.165) is 10.4 Å². The predicted molar refractivity (Wildman–Crippen MR) is 85.0 cm³/mol. The third-order valence-corrected chi connectivity index (χ3v) is 6.52. The van der Waals surface area contributed by atoms with E-state index in [4.69, 9.17) is 5.73 Å². The van der Waals surface area contributed by atoms with Gasteiger partial charge in [-0.3, -0.25) is 0 Å². The Kier molecular flexibility index (Phi) is 4.98. The van der Waals surface area contributed by atoms with Crippen molar-refractivity contribution in [2.75, 3.05) is 7.05 Å². The molecule has 20 heavy (non-hydrogen) atoms. The van der Waals surface area contributed by atoms with E-state index in [1.165, 1.54) is 15.6 Å². The van der Waals surface area contributed by atoms with Crippen molar-refractivity contribution in [2.45, 2.75) is 18.0 Å². The monoisotopic (exact) mass is 374 g/mol. The molecule has 1 heterocycles. The van der Waals surface area contributed by atoms with Gasteiger partial charge in [0.15, 0.2) is 0 Å². The van der Waals surface area contributed by atoms with Gasteiger partial charge in [-0.05, 0) is 45.1 Å². The van der Waals surface area contributed by atoms with E-state index in [9.17, 15) is 8.42 Å². The summed E-state index contributed by atoms with van der Waals surface area (Å²) in [5, 5.41) is 1.93. The molecule has 7 heteroatoms. The standard InChI is InChI=1S/C13H15BrN2O2S2/c1-16(9-11-3-2-6-19-11)20(17,18)13-5-4-10(8-15)7-12(13)14/h2-7H,8-9,15H2,1H3. The van der Waals surface area contributed by atoms with Crippen LogP contribution >= 0.6 is 27.3 Å². The molecule has 0 amide bonds. The lowest BCUT2D eigenvalue weighted by molar-refractivity contribution is 0.469. The van der Waals surface area contributed by atoms with Crippen molar-refractivity contribution in [3.8, 4) is 0 Å². The summed E-state index contributed by atoms with van der Waals surface area (Å²) in [6.45, 7) is 0.745. The Morgan fingerprint density at radius 3 is 2.65 bits per heavy atom. The van der Waals surface area contributed by atoms with Gasteiger partial charge in [0, 0.05) is 29.5 Å². The van der Waals surface area contributed by atoms with Crippen molar-refractivity contribution < 1.29 is 8.42 Å². The van der Waals surface area contributed by atoms with E-state index in [1.54, 1.807) is 25.2 Å². The van der Waals surface area contributed by atoms with Crippen LogP contribution in [0.2, 0.25) is 0 Å². The van der Waals surface area contributed by atoms with Gasteiger partial charge in [-0.2, -0.15) is 4.31 Å². The number of hydrogen-bond acceptors (Lipinski definition) is 4. The van der Waals surface area contributed by atoms with Crippen molar-refractivity contribution in [3.05, 3.63) is 50.6 Å². The second-order valence-electron chi connectivity index (χ2n) is 4.31. The Labute approximate surface area is 131 Å². The molecule has 2 aromatic rings. The Morgan fingerprint density at radius 1 is 1.35 bits per heavy atom. The SMILES string of the molecule is CN(Cc1cccs1)S(=O)(=O)c1ccc(CN)cc1Br. The summed E-state index contributed by atoms with van der Waals surface area (Å²) in [4.78, 5) is 1.26. The quantitative estimate of drug-likeness (QED) is 0.874. The van der Waals surface area contributed by atoms with E-state index in [-0.39, 0.29) is 4.90 Å². The molecule has 0 unspecified atom stereocenters. The summed E-state index contributed by atoms with van der Waals surface area (Å²) in [5.41, 5.74) is 6.43. The van der Waals surface area contributed by atoms with Gasteiger partial charge in [0.1, 0.15) is 0 Å². The van der Waals surface area contributed by atoms with E-state index < -0.39 is 10.0 Å². The molecule has 0 aliphatic carbocycles. The van der Waals surface area contributed by atoms with Crippen LogP contribution in [-0.4, -0.2) is 19.8 Å². The molecule has 2 N–H and O–H groups in total. The Bertz CT molecular complexity index is 684. The van der Waals surface area contributed by atoms with Gasteiger partial charge in [0.2, 0.25) is 10.0 Å². The Hall–Kier alpha value is -0.730. The molecule has 0 spiro atoms. The molecule has 0 atom stereocenters. The van der Waals surface area contributed by atoms with Crippen molar-refractivity contribution in [1.82, 2.24) is 4.31 Å². The van der Waals surface area contributed by atoms with Gasteiger partial charge in [-0.25, -0.2) is 8.42 Å². The first-order valence-corrected chi connectivity index (χ1v) is 9.03. The summed E-state index contributed by atoms with van der Waals surface area (Å²) in [6.07, 6.45) is 0. The number of nitrogens with zero attached hydrogens (tertiary/aromatic N) is 1. The zero-order valence-corrected chi connectivity index (χ0v) is 14.1. The van der Waals surface area contributed by atoms with Crippen molar-refractivity contribution in [1.29, 1.82) is 0 Å². The minimum absolute atomic E-state index is 0.258. The average molecular weight is 375 g/mol. The largest absolute Gasteiger partial charge is 0.326 e. The molecule has 4 nitrogen and oxygen atoms in total. The summed E-state index contributed by atoms with van der Waals surface area (Å²) in [6, 6.07) is 8.89. The van der Waals surface area contributed by atoms with Crippen LogP contribution in [0.1, 0.15) is 10.4 Å². The highest BCUT2D eigenvalue weighted by Crippen LogP contribution is 2.27. The number of thiophene rings is 1. The van der Waals surface area contributed by atoms with Gasteiger partial charge < -0.3 is 5.73 Å². The fraction of sp³-hybridized carbons (Fsp3) is 0.231. The second kappa shape index (κ2) is 6.36. The molecule has 108 valence electrons. The highest BCUT2D eigenvalue weighted by atomic mass is 79.9. The van der Waals surface area contributed by atoms with Gasteiger partial charge in [-0.1, -0.05) is 12.1 Å². The van der Waals surface area contributed by atoms with Crippen LogP contribution in [-0.2, 0) is 23.1 Å². The fourth-order valence-electron chi connectivity index (χ4n) is 1.76. The molecule has 0 bridgehead atoms. The van der Waals surface area contributed by atoms with Crippen LogP contribution in [0, 0.1) is 0 Å². The van der Waals surface area contributed by atoms with Crippen LogP contribution in [0.15, 0.2) is 45.1 Å². The first kappa shape index (κ1) is 15.7. The van der Waals surface area contributed by atoms with Crippen LogP contribution < -0.4 is 5.73 Å². The smallest absolute Gasteiger partial charge is 0.244 e. The lowest BCUT2D eigenvalue weighted by atomic mass is 10.2. The summed E-state index contributed by atoms with van der Waals surface area (Å²) >= 11 is 4.85. The van der Waals surface area contributed by atoms with Crippen molar-refractivity contribution >= 4 is 37.3 Å². The summed E-state index contributed by atoms with van der Waals surface area (Å²) < 4.78 is 27.0. The topological polar surface area (TPSA) is 63.4 Å². The number of nitrogens with two attached hydrogens (primary N) is 1. The minimum Gasteiger partial charge on any atom is -0.326 e. The van der Waals surface area contributed by atoms with Crippen LogP contribution in [0.4, 0.5) is 0 Å². The zero-order chi connectivity index (χ0) is 14.8. The Balaban J connectivity index is 2.30. The fourth-order valence-corrected chi connectivity index (χ4v) is 4.82.